The molecular weight excluding hydrogens is 380 g/mol. The fraction of sp³-hybridized carbons (Fsp3) is 0.350. The van der Waals surface area contributed by atoms with Crippen LogP contribution in [0.1, 0.15) is 19.4 Å². The van der Waals surface area contributed by atoms with Crippen molar-refractivity contribution < 1.29 is 22.7 Å². The first-order valence-electron chi connectivity index (χ1n) is 9.16. The van der Waals surface area contributed by atoms with Gasteiger partial charge in [0.15, 0.2) is 6.61 Å². The van der Waals surface area contributed by atoms with Gasteiger partial charge in [-0.2, -0.15) is 0 Å². The van der Waals surface area contributed by atoms with Gasteiger partial charge in [0.25, 0.3) is 5.91 Å². The molecule has 152 valence electrons. The van der Waals surface area contributed by atoms with Crippen LogP contribution in [0.2, 0.25) is 0 Å². The molecule has 0 fully saturated rings. The molecule has 28 heavy (non-hydrogen) atoms. The predicted molar refractivity (Wildman–Crippen MR) is 107 cm³/mol. The summed E-state index contributed by atoms with van der Waals surface area (Å²) >= 11 is 0. The average molecular weight is 407 g/mol. The first-order valence-corrected chi connectivity index (χ1v) is 10.6. The van der Waals surface area contributed by atoms with Crippen molar-refractivity contribution in [3.8, 4) is 11.5 Å². The molecule has 0 aliphatic heterocycles. The molecule has 0 saturated carbocycles. The summed E-state index contributed by atoms with van der Waals surface area (Å²) in [5.41, 5.74) is 1.03. The molecule has 0 aromatic heterocycles. The number of hydrogen-bond acceptors (Lipinski definition) is 5. The first kappa shape index (κ1) is 21.7. The first-order chi connectivity index (χ1) is 13.5. The number of hydrogen-bond donors (Lipinski definition) is 2. The summed E-state index contributed by atoms with van der Waals surface area (Å²) in [6.45, 7) is 4.49. The normalized spacial score (nSPS) is 11.1. The van der Waals surface area contributed by atoms with Gasteiger partial charge in [0.1, 0.15) is 11.5 Å². The van der Waals surface area contributed by atoms with Gasteiger partial charge < -0.3 is 14.8 Å². The van der Waals surface area contributed by atoms with Gasteiger partial charge in [0.2, 0.25) is 10.0 Å². The largest absolute Gasteiger partial charge is 0.494 e. The predicted octanol–water partition coefficient (Wildman–Crippen LogP) is 2.12. The Kier molecular flexibility index (Phi) is 8.28. The second-order valence-corrected chi connectivity index (χ2v) is 7.67. The third-order valence-corrected chi connectivity index (χ3v) is 5.37. The number of aryl methyl sites for hydroxylation is 1. The van der Waals surface area contributed by atoms with E-state index in [1.165, 1.54) is 12.1 Å². The van der Waals surface area contributed by atoms with Crippen molar-refractivity contribution in [2.24, 2.45) is 0 Å². The minimum atomic E-state index is -3.64. The molecule has 0 bridgehead atoms. The van der Waals surface area contributed by atoms with Gasteiger partial charge in [0.05, 0.1) is 11.5 Å². The molecule has 8 heteroatoms. The highest BCUT2D eigenvalue weighted by molar-refractivity contribution is 7.89. The van der Waals surface area contributed by atoms with E-state index in [4.69, 9.17) is 9.47 Å². The van der Waals surface area contributed by atoms with Crippen molar-refractivity contribution >= 4 is 15.9 Å². The Bertz CT molecular complexity index is 866. The fourth-order valence-electron chi connectivity index (χ4n) is 2.48. The number of amides is 1. The Labute approximate surface area is 166 Å². The SMILES string of the molecule is CCOc1ccc(S(=O)(=O)NCCNC(=O)COc2ccccc2CC)cc1. The van der Waals surface area contributed by atoms with Crippen molar-refractivity contribution in [1.82, 2.24) is 10.0 Å². The number of carbonyl (C=O) groups excluding carboxylic acids is 1. The standard InChI is InChI=1S/C20H26N2O5S/c1-3-16-7-5-6-8-19(16)27-15-20(23)21-13-14-22-28(24,25)18-11-9-17(10-12-18)26-4-2/h5-12,22H,3-4,13-15H2,1-2H3,(H,21,23). The van der Waals surface area contributed by atoms with Crippen LogP contribution in [0.15, 0.2) is 53.4 Å². The second-order valence-electron chi connectivity index (χ2n) is 5.90. The van der Waals surface area contributed by atoms with Gasteiger partial charge >= 0.3 is 0 Å². The summed E-state index contributed by atoms with van der Waals surface area (Å²) in [6, 6.07) is 13.7. The lowest BCUT2D eigenvalue weighted by atomic mass is 10.1. The molecule has 2 rings (SSSR count). The Morgan fingerprint density at radius 1 is 0.964 bits per heavy atom. The second kappa shape index (κ2) is 10.7. The van der Waals surface area contributed by atoms with E-state index in [-0.39, 0.29) is 30.5 Å². The monoisotopic (exact) mass is 406 g/mol. The van der Waals surface area contributed by atoms with E-state index in [0.717, 1.165) is 12.0 Å². The maximum Gasteiger partial charge on any atom is 0.257 e. The minimum absolute atomic E-state index is 0.0762. The molecule has 2 N–H and O–H groups in total. The van der Waals surface area contributed by atoms with Crippen LogP contribution in [-0.2, 0) is 21.2 Å². The summed E-state index contributed by atoms with van der Waals surface area (Å²) in [5.74, 6) is 0.973. The highest BCUT2D eigenvalue weighted by Crippen LogP contribution is 2.18. The maximum atomic E-state index is 12.2. The number of rotatable bonds is 11. The van der Waals surface area contributed by atoms with E-state index in [1.54, 1.807) is 12.1 Å². The van der Waals surface area contributed by atoms with Gasteiger partial charge in [-0.1, -0.05) is 25.1 Å². The van der Waals surface area contributed by atoms with Crippen LogP contribution < -0.4 is 19.5 Å². The van der Waals surface area contributed by atoms with Crippen LogP contribution in [0.4, 0.5) is 0 Å². The van der Waals surface area contributed by atoms with Crippen LogP contribution in [0, 0.1) is 0 Å². The lowest BCUT2D eigenvalue weighted by Crippen LogP contribution is -2.36. The molecule has 0 spiro atoms. The van der Waals surface area contributed by atoms with Gasteiger partial charge in [-0.25, -0.2) is 13.1 Å². The minimum Gasteiger partial charge on any atom is -0.494 e. The molecule has 0 heterocycles. The topological polar surface area (TPSA) is 93.7 Å². The van der Waals surface area contributed by atoms with Gasteiger partial charge in [-0.15, -0.1) is 0 Å². The Morgan fingerprint density at radius 2 is 1.68 bits per heavy atom. The summed E-state index contributed by atoms with van der Waals surface area (Å²) < 4.78 is 37.7. The fourth-order valence-corrected chi connectivity index (χ4v) is 3.52. The molecule has 0 saturated heterocycles. The van der Waals surface area contributed by atoms with E-state index < -0.39 is 10.0 Å². The quantitative estimate of drug-likeness (QED) is 0.558. The summed E-state index contributed by atoms with van der Waals surface area (Å²) in [6.07, 6.45) is 0.811. The Balaban J connectivity index is 1.74. The summed E-state index contributed by atoms with van der Waals surface area (Å²) in [5, 5.41) is 2.63. The summed E-state index contributed by atoms with van der Waals surface area (Å²) in [7, 11) is -3.64. The molecular formula is C20H26N2O5S. The van der Waals surface area contributed by atoms with E-state index in [1.807, 2.05) is 38.1 Å². The van der Waals surface area contributed by atoms with Crippen molar-refractivity contribution in [1.29, 1.82) is 0 Å². The molecule has 2 aromatic rings. The molecule has 7 nitrogen and oxygen atoms in total. The maximum absolute atomic E-state index is 12.2. The molecule has 0 aliphatic rings. The Morgan fingerprint density at radius 3 is 2.36 bits per heavy atom. The zero-order valence-corrected chi connectivity index (χ0v) is 16.9. The number of sulfonamides is 1. The zero-order chi connectivity index (χ0) is 20.4. The smallest absolute Gasteiger partial charge is 0.257 e. The number of carbonyl (C=O) groups is 1. The average Bonchev–Trinajstić information content (AvgIpc) is 2.70. The molecule has 0 radical (unpaired) electrons. The summed E-state index contributed by atoms with van der Waals surface area (Å²) in [4.78, 5) is 12.0. The van der Waals surface area contributed by atoms with Gasteiger partial charge in [-0.05, 0) is 49.2 Å². The molecule has 2 aromatic carbocycles. The number of benzene rings is 2. The van der Waals surface area contributed by atoms with E-state index in [0.29, 0.717) is 18.1 Å². The highest BCUT2D eigenvalue weighted by Gasteiger charge is 2.13. The van der Waals surface area contributed by atoms with Crippen molar-refractivity contribution in [3.05, 3.63) is 54.1 Å². The lowest BCUT2D eigenvalue weighted by Gasteiger charge is -2.11. The lowest BCUT2D eigenvalue weighted by molar-refractivity contribution is -0.123. The van der Waals surface area contributed by atoms with E-state index >= 15 is 0 Å². The van der Waals surface area contributed by atoms with Crippen molar-refractivity contribution in [2.75, 3.05) is 26.3 Å². The van der Waals surface area contributed by atoms with Gasteiger partial charge in [0, 0.05) is 13.1 Å². The van der Waals surface area contributed by atoms with E-state index in [9.17, 15) is 13.2 Å². The van der Waals surface area contributed by atoms with Crippen LogP contribution in [0.3, 0.4) is 0 Å². The number of nitrogens with one attached hydrogen (secondary N) is 2. The third-order valence-electron chi connectivity index (χ3n) is 3.90. The van der Waals surface area contributed by atoms with E-state index in [2.05, 4.69) is 10.0 Å². The van der Waals surface area contributed by atoms with Crippen molar-refractivity contribution in [2.45, 2.75) is 25.2 Å². The Hall–Kier alpha value is -2.58. The van der Waals surface area contributed by atoms with Crippen molar-refractivity contribution in [3.63, 3.8) is 0 Å². The molecule has 0 atom stereocenters. The number of ether oxygens (including phenoxy) is 2. The van der Waals surface area contributed by atoms with Gasteiger partial charge in [-0.3, -0.25) is 4.79 Å². The van der Waals surface area contributed by atoms with Crippen LogP contribution in [-0.4, -0.2) is 40.6 Å². The third kappa shape index (κ3) is 6.54. The van der Waals surface area contributed by atoms with Crippen LogP contribution in [0.5, 0.6) is 11.5 Å². The van der Waals surface area contributed by atoms with Crippen LogP contribution in [0.25, 0.3) is 0 Å². The highest BCUT2D eigenvalue weighted by atomic mass is 32.2. The molecule has 0 unspecified atom stereocenters. The zero-order valence-electron chi connectivity index (χ0n) is 16.1. The molecule has 0 aliphatic carbocycles. The number of para-hydroxylation sites is 1. The molecule has 1 amide bonds. The van der Waals surface area contributed by atoms with Crippen LogP contribution >= 0.6 is 0 Å².